The lowest BCUT2D eigenvalue weighted by Gasteiger charge is -2.16. The molecule has 3 aromatic carbocycles. The molecule has 0 aliphatic carbocycles. The Labute approximate surface area is 120 Å². The second-order valence-corrected chi connectivity index (χ2v) is 5.16. The summed E-state index contributed by atoms with van der Waals surface area (Å²) >= 11 is 0. The third-order valence-corrected chi connectivity index (χ3v) is 3.92. The van der Waals surface area contributed by atoms with Crippen LogP contribution in [0.25, 0.3) is 21.9 Å². The van der Waals surface area contributed by atoms with Gasteiger partial charge in [0.25, 0.3) is 0 Å². The molecule has 0 saturated carbocycles. The molecule has 0 heterocycles. The first-order valence-electron chi connectivity index (χ1n) is 7.05. The summed E-state index contributed by atoms with van der Waals surface area (Å²) in [5.74, 6) is 0. The van der Waals surface area contributed by atoms with Gasteiger partial charge in [-0.25, -0.2) is 0 Å². The van der Waals surface area contributed by atoms with E-state index in [-0.39, 0.29) is 0 Å². The average Bonchev–Trinajstić information content (AvgIpc) is 2.53. The Hall–Kier alpha value is -2.12. The highest BCUT2D eigenvalue weighted by atomic mass is 14.9. The predicted molar refractivity (Wildman–Crippen MR) is 86.9 cm³/mol. The molecule has 1 unspecified atom stereocenters. The van der Waals surface area contributed by atoms with Gasteiger partial charge in [-0.3, -0.25) is 0 Å². The highest BCUT2D eigenvalue weighted by molar-refractivity contribution is 5.87. The maximum atomic E-state index is 3.33. The molecule has 0 aliphatic rings. The van der Waals surface area contributed by atoms with Crippen LogP contribution in [-0.4, -0.2) is 7.05 Å². The third kappa shape index (κ3) is 2.33. The van der Waals surface area contributed by atoms with Crippen LogP contribution in [0.3, 0.4) is 0 Å². The molecular weight excluding hydrogens is 242 g/mol. The Morgan fingerprint density at radius 3 is 2.30 bits per heavy atom. The molecule has 1 nitrogen and oxygen atoms in total. The Balaban J connectivity index is 2.15. The van der Waals surface area contributed by atoms with Crippen LogP contribution in [0.2, 0.25) is 0 Å². The Morgan fingerprint density at radius 2 is 1.50 bits per heavy atom. The van der Waals surface area contributed by atoms with E-state index in [9.17, 15) is 0 Å². The number of rotatable bonds is 3. The molecule has 100 valence electrons. The first-order chi connectivity index (χ1) is 9.79. The topological polar surface area (TPSA) is 12.0 Å². The molecule has 0 amide bonds. The summed E-state index contributed by atoms with van der Waals surface area (Å²) in [6.07, 6.45) is 0. The monoisotopic (exact) mass is 261 g/mol. The Bertz CT molecular complexity index is 730. The zero-order chi connectivity index (χ0) is 13.9. The molecule has 0 bridgehead atoms. The molecule has 1 N–H and O–H groups in total. The number of benzene rings is 3. The maximum absolute atomic E-state index is 3.33. The maximum Gasteiger partial charge on any atom is 0.0295 e. The van der Waals surface area contributed by atoms with Gasteiger partial charge < -0.3 is 5.32 Å². The van der Waals surface area contributed by atoms with Crippen molar-refractivity contribution in [1.29, 1.82) is 0 Å². The smallest absolute Gasteiger partial charge is 0.0295 e. The summed E-state index contributed by atoms with van der Waals surface area (Å²) in [7, 11) is 2.00. The second kappa shape index (κ2) is 5.48. The van der Waals surface area contributed by atoms with E-state index in [0.29, 0.717) is 6.04 Å². The van der Waals surface area contributed by atoms with Crippen LogP contribution in [0.4, 0.5) is 0 Å². The summed E-state index contributed by atoms with van der Waals surface area (Å²) in [5.41, 5.74) is 3.92. The molecule has 0 aromatic heterocycles. The van der Waals surface area contributed by atoms with Gasteiger partial charge in [-0.1, -0.05) is 60.7 Å². The van der Waals surface area contributed by atoms with E-state index in [4.69, 9.17) is 0 Å². The van der Waals surface area contributed by atoms with Crippen molar-refractivity contribution in [1.82, 2.24) is 5.32 Å². The number of fused-ring (bicyclic) bond motifs is 1. The van der Waals surface area contributed by atoms with E-state index < -0.39 is 0 Å². The molecule has 0 fully saturated rings. The normalized spacial score (nSPS) is 12.5. The first kappa shape index (κ1) is 12.9. The molecule has 0 saturated heterocycles. The standard InChI is InChI=1S/C19H19N/c1-14(20-2)18-9-5-6-10-19(18)17-12-11-15-7-3-4-8-16(15)13-17/h3-14,20H,1-2H3. The highest BCUT2D eigenvalue weighted by Crippen LogP contribution is 2.30. The summed E-state index contributed by atoms with van der Waals surface area (Å²) < 4.78 is 0. The van der Waals surface area contributed by atoms with E-state index in [1.165, 1.54) is 27.5 Å². The molecule has 1 heteroatoms. The fourth-order valence-electron chi connectivity index (χ4n) is 2.65. The van der Waals surface area contributed by atoms with E-state index in [2.05, 4.69) is 79.0 Å². The molecule has 1 atom stereocenters. The largest absolute Gasteiger partial charge is 0.313 e. The summed E-state index contributed by atoms with van der Waals surface area (Å²) in [6, 6.07) is 24.1. The van der Waals surface area contributed by atoms with E-state index >= 15 is 0 Å². The molecule has 20 heavy (non-hydrogen) atoms. The van der Waals surface area contributed by atoms with Gasteiger partial charge in [-0.05, 0) is 47.5 Å². The minimum Gasteiger partial charge on any atom is -0.313 e. The highest BCUT2D eigenvalue weighted by Gasteiger charge is 2.10. The molecular formula is C19H19N. The van der Waals surface area contributed by atoms with Crippen LogP contribution in [0, 0.1) is 0 Å². The zero-order valence-electron chi connectivity index (χ0n) is 11.9. The Kier molecular flexibility index (Phi) is 3.53. The van der Waals surface area contributed by atoms with Gasteiger partial charge in [-0.2, -0.15) is 0 Å². The van der Waals surface area contributed by atoms with Gasteiger partial charge in [0.15, 0.2) is 0 Å². The summed E-state index contributed by atoms with van der Waals surface area (Å²) in [6.45, 7) is 2.19. The number of hydrogen-bond donors (Lipinski definition) is 1. The van der Waals surface area contributed by atoms with Gasteiger partial charge >= 0.3 is 0 Å². The van der Waals surface area contributed by atoms with Crippen LogP contribution in [0.5, 0.6) is 0 Å². The lowest BCUT2D eigenvalue weighted by atomic mass is 9.94. The lowest BCUT2D eigenvalue weighted by molar-refractivity contribution is 0.654. The third-order valence-electron chi connectivity index (χ3n) is 3.92. The van der Waals surface area contributed by atoms with Crippen molar-refractivity contribution in [2.45, 2.75) is 13.0 Å². The quantitative estimate of drug-likeness (QED) is 0.715. The molecule has 3 aromatic rings. The van der Waals surface area contributed by atoms with Crippen molar-refractivity contribution >= 4 is 10.8 Å². The number of nitrogens with one attached hydrogen (secondary N) is 1. The van der Waals surface area contributed by atoms with Crippen LogP contribution in [0.15, 0.2) is 66.7 Å². The van der Waals surface area contributed by atoms with Gasteiger partial charge in [0, 0.05) is 6.04 Å². The zero-order valence-corrected chi connectivity index (χ0v) is 11.9. The van der Waals surface area contributed by atoms with Crippen molar-refractivity contribution in [2.75, 3.05) is 7.05 Å². The molecule has 0 spiro atoms. The summed E-state index contributed by atoms with van der Waals surface area (Å²) in [5, 5.41) is 5.90. The van der Waals surface area contributed by atoms with Gasteiger partial charge in [0.1, 0.15) is 0 Å². The molecule has 0 aliphatic heterocycles. The second-order valence-electron chi connectivity index (χ2n) is 5.16. The summed E-state index contributed by atoms with van der Waals surface area (Å²) in [4.78, 5) is 0. The van der Waals surface area contributed by atoms with E-state index in [1.54, 1.807) is 0 Å². The van der Waals surface area contributed by atoms with Crippen molar-refractivity contribution in [3.8, 4) is 11.1 Å². The lowest BCUT2D eigenvalue weighted by Crippen LogP contribution is -2.13. The fraction of sp³-hybridized carbons (Fsp3) is 0.158. The van der Waals surface area contributed by atoms with Crippen molar-refractivity contribution < 1.29 is 0 Å². The average molecular weight is 261 g/mol. The minimum absolute atomic E-state index is 0.345. The fourth-order valence-corrected chi connectivity index (χ4v) is 2.65. The van der Waals surface area contributed by atoms with Gasteiger partial charge in [0.05, 0.1) is 0 Å². The van der Waals surface area contributed by atoms with Crippen LogP contribution >= 0.6 is 0 Å². The van der Waals surface area contributed by atoms with Gasteiger partial charge in [-0.15, -0.1) is 0 Å². The van der Waals surface area contributed by atoms with E-state index in [0.717, 1.165) is 0 Å². The number of hydrogen-bond acceptors (Lipinski definition) is 1. The van der Waals surface area contributed by atoms with Crippen molar-refractivity contribution in [3.63, 3.8) is 0 Å². The van der Waals surface area contributed by atoms with Gasteiger partial charge in [0.2, 0.25) is 0 Å². The van der Waals surface area contributed by atoms with Crippen LogP contribution in [0.1, 0.15) is 18.5 Å². The first-order valence-corrected chi connectivity index (χ1v) is 7.05. The van der Waals surface area contributed by atoms with Crippen molar-refractivity contribution in [3.05, 3.63) is 72.3 Å². The molecule has 3 rings (SSSR count). The van der Waals surface area contributed by atoms with E-state index in [1.807, 2.05) is 7.05 Å². The minimum atomic E-state index is 0.345. The Morgan fingerprint density at radius 1 is 0.800 bits per heavy atom. The SMILES string of the molecule is CNC(C)c1ccccc1-c1ccc2ccccc2c1. The molecule has 0 radical (unpaired) electrons. The van der Waals surface area contributed by atoms with Crippen LogP contribution < -0.4 is 5.32 Å². The predicted octanol–water partition coefficient (Wildman–Crippen LogP) is 4.79. The van der Waals surface area contributed by atoms with Crippen LogP contribution in [-0.2, 0) is 0 Å². The van der Waals surface area contributed by atoms with Crippen molar-refractivity contribution in [2.24, 2.45) is 0 Å².